The highest BCUT2D eigenvalue weighted by Gasteiger charge is 2.38. The summed E-state index contributed by atoms with van der Waals surface area (Å²) in [4.78, 5) is 0. The SMILES string of the molecule is FC(F)(F)c1ccccc1-c1noc(C2CC2)c1COC1CC2CC[C@@H](C1)N2. The van der Waals surface area contributed by atoms with Crippen molar-refractivity contribution in [3.63, 3.8) is 0 Å². The van der Waals surface area contributed by atoms with Crippen LogP contribution in [-0.4, -0.2) is 23.3 Å². The Labute approximate surface area is 161 Å². The zero-order valence-corrected chi connectivity index (χ0v) is 15.5. The van der Waals surface area contributed by atoms with E-state index in [4.69, 9.17) is 9.26 Å². The molecule has 2 saturated heterocycles. The lowest BCUT2D eigenvalue weighted by atomic mass is 9.99. The molecule has 1 saturated carbocycles. The van der Waals surface area contributed by atoms with Crippen molar-refractivity contribution in [3.05, 3.63) is 41.2 Å². The van der Waals surface area contributed by atoms with Crippen molar-refractivity contribution in [1.29, 1.82) is 0 Å². The van der Waals surface area contributed by atoms with Gasteiger partial charge in [0.15, 0.2) is 0 Å². The zero-order chi connectivity index (χ0) is 19.3. The van der Waals surface area contributed by atoms with E-state index >= 15 is 0 Å². The highest BCUT2D eigenvalue weighted by Crippen LogP contribution is 2.46. The van der Waals surface area contributed by atoms with Gasteiger partial charge in [0.2, 0.25) is 0 Å². The van der Waals surface area contributed by atoms with E-state index < -0.39 is 11.7 Å². The summed E-state index contributed by atoms with van der Waals surface area (Å²) in [5.74, 6) is 0.950. The van der Waals surface area contributed by atoms with Gasteiger partial charge >= 0.3 is 6.18 Å². The standard InChI is InChI=1S/C21H23F3N2O2/c22-21(23,24)18-4-2-1-3-16(18)19-17(20(28-26-19)12-5-6-12)11-27-15-9-13-7-8-14(10-15)25-13/h1-4,12-15,25H,5-11H2/t13-,14?,15?/m0/s1. The van der Waals surface area contributed by atoms with Gasteiger partial charge in [-0.05, 0) is 44.6 Å². The number of benzene rings is 1. The molecule has 2 unspecified atom stereocenters. The number of ether oxygens (including phenoxy) is 1. The van der Waals surface area contributed by atoms with Crippen molar-refractivity contribution < 1.29 is 22.4 Å². The average Bonchev–Trinajstić information content (AvgIpc) is 3.34. The van der Waals surface area contributed by atoms with Crippen LogP contribution in [0.15, 0.2) is 28.8 Å². The largest absolute Gasteiger partial charge is 0.417 e. The van der Waals surface area contributed by atoms with Crippen LogP contribution in [0.4, 0.5) is 13.2 Å². The summed E-state index contributed by atoms with van der Waals surface area (Å²) in [6, 6.07) is 6.56. The zero-order valence-electron chi connectivity index (χ0n) is 15.5. The first kappa shape index (κ1) is 18.2. The molecule has 3 atom stereocenters. The molecule has 1 aromatic heterocycles. The predicted octanol–water partition coefficient (Wildman–Crippen LogP) is 5.04. The summed E-state index contributed by atoms with van der Waals surface area (Å²) in [6.07, 6.45) is 1.92. The molecule has 3 heterocycles. The molecule has 1 aromatic carbocycles. The Morgan fingerprint density at radius 3 is 2.46 bits per heavy atom. The molecule has 3 fully saturated rings. The lowest BCUT2D eigenvalue weighted by Gasteiger charge is -2.29. The van der Waals surface area contributed by atoms with Gasteiger partial charge in [0, 0.05) is 29.1 Å². The van der Waals surface area contributed by atoms with Crippen LogP contribution in [-0.2, 0) is 17.5 Å². The minimum atomic E-state index is -4.44. The van der Waals surface area contributed by atoms with Gasteiger partial charge in [-0.2, -0.15) is 13.2 Å². The third-order valence-corrected chi connectivity index (χ3v) is 6.15. The number of nitrogens with zero attached hydrogens (tertiary/aromatic N) is 1. The van der Waals surface area contributed by atoms with Crippen LogP contribution >= 0.6 is 0 Å². The summed E-state index contributed by atoms with van der Waals surface area (Å²) in [5, 5.41) is 7.64. The van der Waals surface area contributed by atoms with Crippen LogP contribution in [0.3, 0.4) is 0 Å². The van der Waals surface area contributed by atoms with Crippen LogP contribution in [0, 0.1) is 0 Å². The predicted molar refractivity (Wildman–Crippen MR) is 96.7 cm³/mol. The van der Waals surface area contributed by atoms with E-state index in [-0.39, 0.29) is 29.9 Å². The van der Waals surface area contributed by atoms with Gasteiger partial charge in [0.25, 0.3) is 0 Å². The van der Waals surface area contributed by atoms with Crippen molar-refractivity contribution in [2.75, 3.05) is 0 Å². The van der Waals surface area contributed by atoms with Gasteiger partial charge in [0.1, 0.15) is 11.5 Å². The molecule has 1 aliphatic carbocycles. The smallest absolute Gasteiger partial charge is 0.373 e. The van der Waals surface area contributed by atoms with Gasteiger partial charge in [0.05, 0.1) is 18.3 Å². The van der Waals surface area contributed by atoms with Crippen molar-refractivity contribution in [2.45, 2.75) is 75.4 Å². The Morgan fingerprint density at radius 2 is 1.79 bits per heavy atom. The Morgan fingerprint density at radius 1 is 1.07 bits per heavy atom. The number of hydrogen-bond donors (Lipinski definition) is 1. The topological polar surface area (TPSA) is 47.3 Å². The maximum Gasteiger partial charge on any atom is 0.417 e. The average molecular weight is 392 g/mol. The lowest BCUT2D eigenvalue weighted by Crippen LogP contribution is -2.41. The van der Waals surface area contributed by atoms with Gasteiger partial charge in [-0.3, -0.25) is 0 Å². The van der Waals surface area contributed by atoms with Crippen molar-refractivity contribution in [3.8, 4) is 11.3 Å². The summed E-state index contributed by atoms with van der Waals surface area (Å²) < 4.78 is 52.3. The summed E-state index contributed by atoms with van der Waals surface area (Å²) >= 11 is 0. The quantitative estimate of drug-likeness (QED) is 0.775. The number of aromatic nitrogens is 1. The van der Waals surface area contributed by atoms with Crippen molar-refractivity contribution in [2.24, 2.45) is 0 Å². The molecule has 3 aliphatic rings. The Hall–Kier alpha value is -1.86. The number of halogens is 3. The van der Waals surface area contributed by atoms with E-state index in [1.807, 2.05) is 0 Å². The van der Waals surface area contributed by atoms with Crippen LogP contribution in [0.25, 0.3) is 11.3 Å². The number of rotatable bonds is 5. The number of hydrogen-bond acceptors (Lipinski definition) is 4. The van der Waals surface area contributed by atoms with Gasteiger partial charge in [-0.15, -0.1) is 0 Å². The number of piperidine rings is 1. The van der Waals surface area contributed by atoms with Crippen LogP contribution in [0.1, 0.15) is 61.3 Å². The van der Waals surface area contributed by atoms with Crippen molar-refractivity contribution >= 4 is 0 Å². The Bertz CT molecular complexity index is 848. The first-order valence-electron chi connectivity index (χ1n) is 10.0. The molecule has 5 rings (SSSR count). The van der Waals surface area contributed by atoms with Crippen LogP contribution < -0.4 is 5.32 Å². The first-order chi connectivity index (χ1) is 13.5. The fourth-order valence-electron chi connectivity index (χ4n) is 4.62. The van der Waals surface area contributed by atoms with Gasteiger partial charge in [-0.25, -0.2) is 0 Å². The monoisotopic (exact) mass is 392 g/mol. The fourth-order valence-corrected chi connectivity index (χ4v) is 4.62. The first-order valence-corrected chi connectivity index (χ1v) is 10.0. The maximum absolute atomic E-state index is 13.5. The molecule has 0 radical (unpaired) electrons. The summed E-state index contributed by atoms with van der Waals surface area (Å²) in [7, 11) is 0. The summed E-state index contributed by atoms with van der Waals surface area (Å²) in [5.41, 5.74) is 0.332. The normalized spacial score (nSPS) is 27.3. The van der Waals surface area contributed by atoms with E-state index in [0.717, 1.165) is 31.7 Å². The molecule has 1 N–H and O–H groups in total. The summed E-state index contributed by atoms with van der Waals surface area (Å²) in [6.45, 7) is 0.251. The third kappa shape index (κ3) is 3.46. The van der Waals surface area contributed by atoms with Crippen LogP contribution in [0.5, 0.6) is 0 Å². The van der Waals surface area contributed by atoms with Crippen LogP contribution in [0.2, 0.25) is 0 Å². The molecule has 150 valence electrons. The van der Waals surface area contributed by atoms with Gasteiger partial charge < -0.3 is 14.6 Å². The van der Waals surface area contributed by atoms with E-state index in [1.165, 1.54) is 25.0 Å². The van der Waals surface area contributed by atoms with E-state index in [9.17, 15) is 13.2 Å². The molecule has 2 aromatic rings. The third-order valence-electron chi connectivity index (χ3n) is 6.15. The van der Waals surface area contributed by atoms with E-state index in [1.54, 1.807) is 6.07 Å². The second kappa shape index (κ2) is 6.88. The molecule has 0 amide bonds. The highest BCUT2D eigenvalue weighted by molar-refractivity contribution is 5.68. The second-order valence-corrected chi connectivity index (χ2v) is 8.23. The molecular formula is C21H23F3N2O2. The molecule has 2 bridgehead atoms. The van der Waals surface area contributed by atoms with Crippen molar-refractivity contribution in [1.82, 2.24) is 10.5 Å². The number of fused-ring (bicyclic) bond motifs is 2. The Balaban J connectivity index is 1.44. The fraction of sp³-hybridized carbons (Fsp3) is 0.571. The maximum atomic E-state index is 13.5. The molecule has 4 nitrogen and oxygen atoms in total. The second-order valence-electron chi connectivity index (χ2n) is 8.23. The highest BCUT2D eigenvalue weighted by atomic mass is 19.4. The molecule has 0 spiro atoms. The Kier molecular flexibility index (Phi) is 4.47. The molecule has 7 heteroatoms. The molecule has 2 aliphatic heterocycles. The minimum Gasteiger partial charge on any atom is -0.373 e. The van der Waals surface area contributed by atoms with Gasteiger partial charge in [-0.1, -0.05) is 23.4 Å². The molecule has 28 heavy (non-hydrogen) atoms. The van der Waals surface area contributed by atoms with E-state index in [2.05, 4.69) is 10.5 Å². The minimum absolute atomic E-state index is 0.0645. The van der Waals surface area contributed by atoms with E-state index in [0.29, 0.717) is 23.4 Å². The lowest BCUT2D eigenvalue weighted by molar-refractivity contribution is -0.137. The molecular weight excluding hydrogens is 369 g/mol. The number of alkyl halides is 3. The number of nitrogens with one attached hydrogen (secondary N) is 1.